The summed E-state index contributed by atoms with van der Waals surface area (Å²) in [5.41, 5.74) is 4.51. The van der Waals surface area contributed by atoms with Crippen LogP contribution < -0.4 is 24.6 Å². The van der Waals surface area contributed by atoms with E-state index in [1.807, 2.05) is 18.2 Å². The third kappa shape index (κ3) is 26.7. The van der Waals surface area contributed by atoms with E-state index >= 15 is 0 Å². The maximum absolute atomic E-state index is 14.2. The summed E-state index contributed by atoms with van der Waals surface area (Å²) in [7, 11) is -1.20. The van der Waals surface area contributed by atoms with Crippen LogP contribution in [0.1, 0.15) is 140 Å². The molecule has 3 aliphatic carbocycles. The maximum Gasteiger partial charge on any atom is 1.00 e. The number of halogens is 17. The van der Waals surface area contributed by atoms with E-state index in [0.717, 1.165) is 106 Å². The number of allylic oxidation sites excluding steroid dienone is 6. The number of carbonyl (C=O) groups excluding carboxylic acids is 3. The Bertz CT molecular complexity index is 4150. The zero-order valence-corrected chi connectivity index (χ0v) is 56.6. The standard InChI is InChI=1S/C32H26F6N4O2.C11H11F3N2O2.C8H8BrF3N2O2.C6H4BrF3N2O2.C5H9BO2.CH4.Li.H2O/c33-22-11-18(12-23(34)15-22)10-21(30-25(6-3-9-40-30)20-7-8-27(35)26(14-20)31(39)44)13-24(43)17-42-28(19-4-1-2-5-19)16-29(41-42)32(36,37)38;12-11(13,14)9-5-8(7-3-1-2-4-7)16(15-9)6-10(17)18;1-2-16-7(15)4-14-6(9)3-5(13-14)8(10,11)12;7-4-1-3(6(8,9)10)11-12(4)2-5(13)14;7-6(8)5-3-1-2-4-5;;;/h3-4,6-9,11-12,14-16,21H,1-2,5,10,13,17H2,(H2,39,44);3,5H,1-2,4,6H2,(H,17,18);3H,2,4H2,1H3;1H,2H2,(H,13,14);3,7-8H,1-2,4H2;1H4;;1H2/q;;;;;;+1;/p-1/t21-;;;;;;;/m1......./s1. The molecule has 0 unspecified atom stereocenters. The summed E-state index contributed by atoms with van der Waals surface area (Å²) >= 11 is 5.66. The number of aliphatic carboxylic acids is 2. The largest absolute Gasteiger partial charge is 1.00 e. The molecule has 0 bridgehead atoms. The number of nitrogens with zero attached hydrogens (tertiary/aromatic N) is 9. The first-order valence-electron chi connectivity index (χ1n) is 29.7. The summed E-state index contributed by atoms with van der Waals surface area (Å²) in [6, 6.07) is 13.2. The molecule has 0 saturated carbocycles. The van der Waals surface area contributed by atoms with Crippen molar-refractivity contribution in [3.05, 3.63) is 180 Å². The van der Waals surface area contributed by atoms with E-state index in [1.54, 1.807) is 19.1 Å². The second-order valence-corrected chi connectivity index (χ2v) is 23.6. The summed E-state index contributed by atoms with van der Waals surface area (Å²) in [6.45, 7) is -0.244. The smallest absolute Gasteiger partial charge is 0.870 e. The van der Waals surface area contributed by atoms with Crippen LogP contribution in [-0.4, -0.2) is 113 Å². The SMILES string of the molecule is C.CCOC(=O)Cn1nc(C(F)(F)F)cc1Br.NC(=O)c1cc(-c2cccnc2[C@@H](CC(=O)Cn2nc(C(F)(F)F)cc2C2=CCCC2)Cc2cc(F)cc(F)c2)ccc1F.O=C(O)Cn1nc(C(F)(F)F)cc1Br.O=C(O)Cn1nc(C(F)(F)F)cc1C1=CCCC1.OB(O)C1=CCCC1.[Li+].[OH-]. The number of benzene rings is 2. The van der Waals surface area contributed by atoms with Gasteiger partial charge in [0.2, 0.25) is 0 Å². The minimum atomic E-state index is -4.71. The van der Waals surface area contributed by atoms with E-state index in [2.05, 4.69) is 62.0 Å². The number of pyridine rings is 1. The zero-order valence-electron chi connectivity index (χ0n) is 53.4. The Morgan fingerprint density at radius 2 is 1.06 bits per heavy atom. The van der Waals surface area contributed by atoms with Gasteiger partial charge in [-0.15, -0.1) is 0 Å². The van der Waals surface area contributed by atoms with Crippen molar-refractivity contribution in [2.45, 2.75) is 142 Å². The van der Waals surface area contributed by atoms with Crippen LogP contribution in [0.25, 0.3) is 22.3 Å². The molecule has 0 aliphatic heterocycles. The number of aromatic nitrogens is 9. The van der Waals surface area contributed by atoms with E-state index in [-0.39, 0.29) is 89.5 Å². The van der Waals surface area contributed by atoms with Gasteiger partial charge in [0.25, 0.3) is 5.91 Å². The summed E-state index contributed by atoms with van der Waals surface area (Å²) in [4.78, 5) is 61.7. The van der Waals surface area contributed by atoms with Crippen LogP contribution in [0.5, 0.6) is 0 Å². The van der Waals surface area contributed by atoms with Crippen molar-refractivity contribution in [1.29, 1.82) is 0 Å². The third-order valence-electron chi connectivity index (χ3n) is 14.5. The molecule has 0 radical (unpaired) electrons. The molecule has 1 atom stereocenters. The van der Waals surface area contributed by atoms with Gasteiger partial charge in [-0.1, -0.05) is 37.8 Å². The fourth-order valence-electron chi connectivity index (χ4n) is 10.1. The number of esters is 1. The summed E-state index contributed by atoms with van der Waals surface area (Å²) in [6.07, 6.45) is -4.45. The second-order valence-electron chi connectivity index (χ2n) is 22.0. The van der Waals surface area contributed by atoms with Gasteiger partial charge in [0.05, 0.1) is 29.3 Å². The van der Waals surface area contributed by atoms with Gasteiger partial charge in [-0.05, 0) is 173 Å². The van der Waals surface area contributed by atoms with Gasteiger partial charge in [0.1, 0.15) is 52.8 Å². The van der Waals surface area contributed by atoms with E-state index in [1.165, 1.54) is 18.3 Å². The van der Waals surface area contributed by atoms with Crippen LogP contribution in [-0.2, 0) is 81.2 Å². The van der Waals surface area contributed by atoms with Gasteiger partial charge in [-0.2, -0.15) is 73.1 Å². The van der Waals surface area contributed by atoms with Gasteiger partial charge < -0.3 is 36.2 Å². The van der Waals surface area contributed by atoms with Crippen molar-refractivity contribution in [2.75, 3.05) is 6.61 Å². The molecule has 103 heavy (non-hydrogen) atoms. The van der Waals surface area contributed by atoms with Crippen LogP contribution >= 0.6 is 31.9 Å². The number of hydrogen-bond donors (Lipinski definition) is 5. The Labute approximate surface area is 605 Å². The quantitative estimate of drug-likeness (QED) is 0.0285. The monoisotopic (exact) mass is 1600 g/mol. The minimum absolute atomic E-state index is 0. The second kappa shape index (κ2) is 39.0. The number of primary amides is 1. The molecule has 5 heterocycles. The van der Waals surface area contributed by atoms with E-state index < -0.39 is 127 Å². The van der Waals surface area contributed by atoms with E-state index in [9.17, 15) is 89.8 Å². The minimum Gasteiger partial charge on any atom is -0.870 e. The van der Waals surface area contributed by atoms with Crippen LogP contribution in [0.2, 0.25) is 0 Å². The Morgan fingerprint density at radius 3 is 1.47 bits per heavy atom. The summed E-state index contributed by atoms with van der Waals surface area (Å²) in [5, 5.41) is 47.5. The van der Waals surface area contributed by atoms with Crippen molar-refractivity contribution >= 4 is 79.7 Å². The van der Waals surface area contributed by atoms with E-state index in [0.29, 0.717) is 52.4 Å². The molecule has 0 fully saturated rings. The maximum atomic E-state index is 14.2. The fraction of sp³-hybridized carbons (Fsp3) is 0.365. The van der Waals surface area contributed by atoms with E-state index in [4.69, 9.17) is 26.0 Å². The molecule has 1 amide bonds. The molecule has 2 aromatic carbocycles. The average molecular weight is 1600 g/mol. The molecule has 40 heteroatoms. The Hall–Kier alpha value is -8.35. The van der Waals surface area contributed by atoms with Crippen molar-refractivity contribution in [2.24, 2.45) is 5.73 Å². The number of amides is 1. The molecular weight excluding hydrogens is 1540 g/mol. The fourth-order valence-corrected chi connectivity index (χ4v) is 11.0. The topological polar surface area (TPSA) is 316 Å². The molecule has 0 spiro atoms. The number of hydrogen-bond acceptors (Lipinski definition) is 14. The van der Waals surface area contributed by atoms with Crippen LogP contribution in [0, 0.1) is 17.5 Å². The number of alkyl halides is 12. The molecule has 7 aromatic rings. The predicted molar refractivity (Wildman–Crippen MR) is 341 cm³/mol. The first-order chi connectivity index (χ1) is 46.7. The van der Waals surface area contributed by atoms with Gasteiger partial charge in [-0.25, -0.2) is 22.5 Å². The van der Waals surface area contributed by atoms with Gasteiger partial charge in [0, 0.05) is 42.3 Å². The Morgan fingerprint density at radius 1 is 0.612 bits per heavy atom. The first-order valence-corrected chi connectivity index (χ1v) is 31.3. The number of carboxylic acid groups (broad SMARTS) is 2. The Kier molecular flexibility index (Phi) is 33.6. The molecule has 5 aromatic heterocycles. The first kappa shape index (κ1) is 88.9. The number of nitrogens with two attached hydrogens (primary N) is 1. The zero-order chi connectivity index (χ0) is 74.2. The molecule has 7 N–H and O–H groups in total. The number of Topliss-reactive ketones (excluding diaryl/α,β-unsaturated/α-hetero) is 1. The Balaban J connectivity index is 0.000000384. The van der Waals surface area contributed by atoms with Crippen LogP contribution in [0.15, 0.2) is 112 Å². The number of carboxylic acids is 2. The molecule has 10 rings (SSSR count). The number of rotatable bonds is 19. The summed E-state index contributed by atoms with van der Waals surface area (Å²) in [5.74, 6) is -7.94. The number of carbonyl (C=O) groups is 5. The van der Waals surface area contributed by atoms with Gasteiger partial charge in [0.15, 0.2) is 28.6 Å². The summed E-state index contributed by atoms with van der Waals surface area (Å²) < 4.78 is 202. The number of ketones is 1. The van der Waals surface area contributed by atoms with Crippen LogP contribution in [0.4, 0.5) is 65.9 Å². The van der Waals surface area contributed by atoms with Crippen LogP contribution in [0.3, 0.4) is 0 Å². The third-order valence-corrected chi connectivity index (χ3v) is 15.7. The molecule has 554 valence electrons. The molecule has 21 nitrogen and oxygen atoms in total. The van der Waals surface area contributed by atoms with Crippen molar-refractivity contribution in [3.8, 4) is 11.1 Å². The van der Waals surface area contributed by atoms with Gasteiger partial charge >= 0.3 is 68.6 Å². The molecule has 0 saturated heterocycles. The molecular formula is C63H63BBr2F15LiN10O11. The van der Waals surface area contributed by atoms with Crippen molar-refractivity contribution in [3.63, 3.8) is 0 Å². The van der Waals surface area contributed by atoms with Crippen molar-refractivity contribution < 1.29 is 139 Å². The van der Waals surface area contributed by atoms with Crippen molar-refractivity contribution in [1.82, 2.24) is 44.1 Å². The normalized spacial score (nSPS) is 13.6. The number of ether oxygens (including phenoxy) is 1. The van der Waals surface area contributed by atoms with Gasteiger partial charge in [-0.3, -0.25) is 38.3 Å². The molecule has 3 aliphatic rings. The average Bonchev–Trinajstić information content (AvgIpc) is 1.61. The predicted octanol–water partition coefficient (Wildman–Crippen LogP) is 11.1.